The van der Waals surface area contributed by atoms with Crippen molar-refractivity contribution in [3.05, 3.63) is 0 Å². The summed E-state index contributed by atoms with van der Waals surface area (Å²) in [6.45, 7) is 10.5. The first-order chi connectivity index (χ1) is 7.60. The van der Waals surface area contributed by atoms with Crippen LogP contribution in [0.4, 0.5) is 0 Å². The molecule has 0 heterocycles. The molecule has 0 aromatic rings. The van der Waals surface area contributed by atoms with Gasteiger partial charge in [-0.15, -0.1) is 0 Å². The molecule has 1 aliphatic carbocycles. The van der Waals surface area contributed by atoms with E-state index in [0.29, 0.717) is 12.1 Å². The van der Waals surface area contributed by atoms with E-state index in [1.54, 1.807) is 0 Å². The van der Waals surface area contributed by atoms with Gasteiger partial charge in [0.2, 0.25) is 0 Å². The minimum absolute atomic E-state index is 0.416. The van der Waals surface area contributed by atoms with E-state index in [-0.39, 0.29) is 0 Å². The Kier molecular flexibility index (Phi) is 5.77. The molecule has 96 valence electrons. The predicted octanol–water partition coefficient (Wildman–Crippen LogP) is 3.01. The van der Waals surface area contributed by atoms with Gasteiger partial charge in [-0.1, -0.05) is 34.1 Å². The summed E-state index contributed by atoms with van der Waals surface area (Å²) in [6, 6.07) is 1.79. The second-order valence-corrected chi connectivity index (χ2v) is 5.72. The van der Waals surface area contributed by atoms with Crippen molar-refractivity contribution in [2.45, 2.75) is 77.9 Å². The molecule has 2 atom stereocenters. The third-order valence-electron chi connectivity index (χ3n) is 3.95. The Labute approximate surface area is 102 Å². The highest BCUT2D eigenvalue weighted by atomic mass is 15.2. The highest BCUT2D eigenvalue weighted by Gasteiger charge is 2.32. The molecule has 2 N–H and O–H groups in total. The Balaban J connectivity index is 2.68. The Morgan fingerprint density at radius 1 is 1.19 bits per heavy atom. The Morgan fingerprint density at radius 3 is 2.19 bits per heavy atom. The van der Waals surface area contributed by atoms with Crippen molar-refractivity contribution in [3.63, 3.8) is 0 Å². The van der Waals surface area contributed by atoms with Gasteiger partial charge in [-0.3, -0.25) is 4.90 Å². The highest BCUT2D eigenvalue weighted by Crippen LogP contribution is 2.27. The van der Waals surface area contributed by atoms with E-state index < -0.39 is 0 Å². The molecule has 16 heavy (non-hydrogen) atoms. The van der Waals surface area contributed by atoms with Crippen LogP contribution < -0.4 is 5.73 Å². The first kappa shape index (κ1) is 14.0. The van der Waals surface area contributed by atoms with Crippen LogP contribution in [-0.2, 0) is 0 Å². The van der Waals surface area contributed by atoms with E-state index in [1.165, 1.54) is 38.6 Å². The first-order valence-corrected chi connectivity index (χ1v) is 7.11. The van der Waals surface area contributed by atoms with Gasteiger partial charge < -0.3 is 5.73 Å². The Bertz CT molecular complexity index is 187. The van der Waals surface area contributed by atoms with Crippen molar-refractivity contribution < 1.29 is 0 Å². The second kappa shape index (κ2) is 6.61. The fourth-order valence-corrected chi connectivity index (χ4v) is 3.12. The van der Waals surface area contributed by atoms with Crippen molar-refractivity contribution in [1.29, 1.82) is 0 Å². The SMILES string of the molecule is CCC(CC)N(CC(C)C)C1CCCC1N. The predicted molar refractivity (Wildman–Crippen MR) is 71.5 cm³/mol. The standard InChI is InChI=1S/C14H30N2/c1-5-12(6-2)16(10-11(3)4)14-9-7-8-13(14)15/h11-14H,5-10,15H2,1-4H3. The topological polar surface area (TPSA) is 29.3 Å². The van der Waals surface area contributed by atoms with Crippen LogP contribution in [0.5, 0.6) is 0 Å². The quantitative estimate of drug-likeness (QED) is 0.754. The zero-order chi connectivity index (χ0) is 12.1. The van der Waals surface area contributed by atoms with Gasteiger partial charge in [0.15, 0.2) is 0 Å². The average Bonchev–Trinajstić information content (AvgIpc) is 2.64. The Hall–Kier alpha value is -0.0800. The van der Waals surface area contributed by atoms with Gasteiger partial charge in [-0.25, -0.2) is 0 Å². The molecule has 0 aliphatic heterocycles. The summed E-state index contributed by atoms with van der Waals surface area (Å²) in [7, 11) is 0. The number of nitrogens with zero attached hydrogens (tertiary/aromatic N) is 1. The molecule has 1 saturated carbocycles. The van der Waals surface area contributed by atoms with E-state index in [0.717, 1.165) is 12.0 Å². The fourth-order valence-electron chi connectivity index (χ4n) is 3.12. The molecule has 0 radical (unpaired) electrons. The molecule has 1 fully saturated rings. The van der Waals surface area contributed by atoms with Crippen LogP contribution in [0.15, 0.2) is 0 Å². The first-order valence-electron chi connectivity index (χ1n) is 7.11. The van der Waals surface area contributed by atoms with Crippen molar-refractivity contribution in [1.82, 2.24) is 4.90 Å². The lowest BCUT2D eigenvalue weighted by Gasteiger charge is -2.38. The van der Waals surface area contributed by atoms with Gasteiger partial charge in [0.25, 0.3) is 0 Å². The van der Waals surface area contributed by atoms with Crippen molar-refractivity contribution in [2.75, 3.05) is 6.54 Å². The lowest BCUT2D eigenvalue weighted by atomic mass is 10.0. The molecule has 0 bridgehead atoms. The van der Waals surface area contributed by atoms with Crippen molar-refractivity contribution >= 4 is 0 Å². The largest absolute Gasteiger partial charge is 0.326 e. The maximum atomic E-state index is 6.26. The lowest BCUT2D eigenvalue weighted by Crippen LogP contribution is -2.50. The van der Waals surface area contributed by atoms with Crippen molar-refractivity contribution in [2.24, 2.45) is 11.7 Å². The number of nitrogens with two attached hydrogens (primary N) is 1. The summed E-state index contributed by atoms with van der Waals surface area (Å²) in [5, 5.41) is 0. The molecular formula is C14H30N2. The summed E-state index contributed by atoms with van der Waals surface area (Å²) < 4.78 is 0. The van der Waals surface area contributed by atoms with Gasteiger partial charge in [-0.05, 0) is 31.6 Å². The second-order valence-electron chi connectivity index (χ2n) is 5.72. The monoisotopic (exact) mass is 226 g/mol. The molecule has 0 saturated heterocycles. The van der Waals surface area contributed by atoms with Gasteiger partial charge >= 0.3 is 0 Å². The van der Waals surface area contributed by atoms with E-state index in [2.05, 4.69) is 32.6 Å². The third kappa shape index (κ3) is 3.46. The van der Waals surface area contributed by atoms with Gasteiger partial charge in [0.1, 0.15) is 0 Å². The van der Waals surface area contributed by atoms with Crippen LogP contribution in [-0.4, -0.2) is 29.6 Å². The molecule has 0 aromatic carbocycles. The van der Waals surface area contributed by atoms with Crippen molar-refractivity contribution in [3.8, 4) is 0 Å². The van der Waals surface area contributed by atoms with Gasteiger partial charge in [-0.2, -0.15) is 0 Å². The molecule has 0 spiro atoms. The molecule has 2 unspecified atom stereocenters. The maximum absolute atomic E-state index is 6.26. The zero-order valence-corrected chi connectivity index (χ0v) is 11.6. The normalized spacial score (nSPS) is 26.2. The molecule has 0 amide bonds. The maximum Gasteiger partial charge on any atom is 0.0250 e. The lowest BCUT2D eigenvalue weighted by molar-refractivity contribution is 0.103. The molecule has 1 aliphatic rings. The third-order valence-corrected chi connectivity index (χ3v) is 3.95. The van der Waals surface area contributed by atoms with E-state index in [9.17, 15) is 0 Å². The van der Waals surface area contributed by atoms with Crippen LogP contribution in [0.25, 0.3) is 0 Å². The highest BCUT2D eigenvalue weighted by molar-refractivity contribution is 4.90. The molecular weight excluding hydrogens is 196 g/mol. The summed E-state index contributed by atoms with van der Waals surface area (Å²) in [6.07, 6.45) is 6.36. The summed E-state index contributed by atoms with van der Waals surface area (Å²) in [4.78, 5) is 2.71. The van der Waals surface area contributed by atoms with E-state index in [4.69, 9.17) is 5.73 Å². The van der Waals surface area contributed by atoms with Crippen LogP contribution in [0.3, 0.4) is 0 Å². The summed E-state index contributed by atoms with van der Waals surface area (Å²) in [5.74, 6) is 0.744. The smallest absolute Gasteiger partial charge is 0.0250 e. The average molecular weight is 226 g/mol. The zero-order valence-electron chi connectivity index (χ0n) is 11.6. The molecule has 0 aromatic heterocycles. The Morgan fingerprint density at radius 2 is 1.81 bits per heavy atom. The fraction of sp³-hybridized carbons (Fsp3) is 1.00. The van der Waals surface area contributed by atoms with Crippen LogP contribution >= 0.6 is 0 Å². The summed E-state index contributed by atoms with van der Waals surface area (Å²) >= 11 is 0. The number of hydrogen-bond acceptors (Lipinski definition) is 2. The number of hydrogen-bond donors (Lipinski definition) is 1. The number of rotatable bonds is 6. The van der Waals surface area contributed by atoms with Crippen LogP contribution in [0.2, 0.25) is 0 Å². The summed E-state index contributed by atoms with van der Waals surface area (Å²) in [5.41, 5.74) is 6.26. The van der Waals surface area contributed by atoms with E-state index in [1.807, 2.05) is 0 Å². The van der Waals surface area contributed by atoms with Crippen LogP contribution in [0.1, 0.15) is 59.8 Å². The van der Waals surface area contributed by atoms with Crippen LogP contribution in [0, 0.1) is 5.92 Å². The molecule has 2 nitrogen and oxygen atoms in total. The minimum Gasteiger partial charge on any atom is -0.326 e. The molecule has 1 rings (SSSR count). The van der Waals surface area contributed by atoms with Gasteiger partial charge in [0.05, 0.1) is 0 Å². The van der Waals surface area contributed by atoms with E-state index >= 15 is 0 Å². The molecule has 2 heteroatoms. The minimum atomic E-state index is 0.416. The van der Waals surface area contributed by atoms with Gasteiger partial charge in [0, 0.05) is 24.7 Å².